The van der Waals surface area contributed by atoms with E-state index in [0.717, 1.165) is 10.5 Å². The number of alkyl carbamates (subject to hydrolysis) is 2. The van der Waals surface area contributed by atoms with Crippen LogP contribution in [0.5, 0.6) is 0 Å². The molecule has 61 heavy (non-hydrogen) atoms. The molecule has 2 atom stereocenters. The van der Waals surface area contributed by atoms with Gasteiger partial charge in [-0.2, -0.15) is 0 Å². The monoisotopic (exact) mass is 838 g/mol. The number of rotatable bonds is 15. The van der Waals surface area contributed by atoms with E-state index in [1.54, 1.807) is 126 Å². The second-order valence-corrected chi connectivity index (χ2v) is 15.6. The fourth-order valence-electron chi connectivity index (χ4n) is 5.41. The van der Waals surface area contributed by atoms with E-state index in [0.29, 0.717) is 16.7 Å². The molecule has 2 N–H and O–H groups in total. The molecular formula is C46H54N4O11. The fourth-order valence-corrected chi connectivity index (χ4v) is 5.41. The minimum absolute atomic E-state index is 0.0317. The number of nitrogens with zero attached hydrogens (tertiary/aromatic N) is 2. The molecule has 15 nitrogen and oxygen atoms in total. The molecule has 0 bridgehead atoms. The number of benzene rings is 4. The minimum atomic E-state index is -1.49. The third kappa shape index (κ3) is 18.0. The Morgan fingerprint density at radius 2 is 1.02 bits per heavy atom. The molecule has 0 aliphatic heterocycles. The Morgan fingerprint density at radius 3 is 1.49 bits per heavy atom. The Balaban J connectivity index is 1.73. The van der Waals surface area contributed by atoms with E-state index >= 15 is 0 Å². The zero-order valence-corrected chi connectivity index (χ0v) is 35.3. The topological polar surface area (TPSA) is 180 Å². The first-order valence-corrected chi connectivity index (χ1v) is 19.7. The summed E-state index contributed by atoms with van der Waals surface area (Å²) in [6.45, 7) is 9.04. The van der Waals surface area contributed by atoms with Gasteiger partial charge in [0, 0.05) is 6.54 Å². The van der Waals surface area contributed by atoms with Gasteiger partial charge in [-0.25, -0.2) is 28.9 Å². The SMILES string of the molecule is CC(C)(C)OC(=O)N[C@H](C(=O)OC(C)(C)C)[C@H](CCN(C(=O)OCc1ccccc1)/C(=N\C(=O)OCc1ccccc1)NC(=O)OCc1ccccc1)OCc1ccccc1. The van der Waals surface area contributed by atoms with Gasteiger partial charge in [0.15, 0.2) is 6.04 Å². The highest BCUT2D eigenvalue weighted by molar-refractivity contribution is 6.04. The van der Waals surface area contributed by atoms with Gasteiger partial charge in [0.05, 0.1) is 12.7 Å². The van der Waals surface area contributed by atoms with Crippen LogP contribution < -0.4 is 10.6 Å². The molecule has 15 heteroatoms. The van der Waals surface area contributed by atoms with Gasteiger partial charge >= 0.3 is 30.3 Å². The van der Waals surface area contributed by atoms with Crippen molar-refractivity contribution in [3.05, 3.63) is 144 Å². The number of esters is 1. The van der Waals surface area contributed by atoms with Gasteiger partial charge in [-0.3, -0.25) is 5.32 Å². The third-order valence-electron chi connectivity index (χ3n) is 8.16. The normalized spacial score (nSPS) is 12.5. The summed E-state index contributed by atoms with van der Waals surface area (Å²) in [4.78, 5) is 72.9. The van der Waals surface area contributed by atoms with E-state index < -0.39 is 66.2 Å². The van der Waals surface area contributed by atoms with Crippen molar-refractivity contribution >= 4 is 36.3 Å². The lowest BCUT2D eigenvalue weighted by Gasteiger charge is -2.32. The molecule has 0 saturated carbocycles. The van der Waals surface area contributed by atoms with Gasteiger partial charge in [-0.05, 0) is 70.2 Å². The number of hydrogen-bond donors (Lipinski definition) is 2. The van der Waals surface area contributed by atoms with Gasteiger partial charge in [-0.1, -0.05) is 121 Å². The molecule has 0 heterocycles. The highest BCUT2D eigenvalue weighted by atomic mass is 16.6. The number of hydrogen-bond acceptors (Lipinski definition) is 11. The number of carbonyl (C=O) groups excluding carboxylic acids is 5. The predicted octanol–water partition coefficient (Wildman–Crippen LogP) is 8.45. The molecule has 0 aliphatic rings. The first kappa shape index (κ1) is 46.9. The summed E-state index contributed by atoms with van der Waals surface area (Å²) in [6.07, 6.45) is -5.64. The smallest absolute Gasteiger partial charge is 0.437 e. The molecular weight excluding hydrogens is 785 g/mol. The summed E-state index contributed by atoms with van der Waals surface area (Å²) in [7, 11) is 0. The molecule has 0 aliphatic carbocycles. The van der Waals surface area contributed by atoms with Crippen LogP contribution in [0.1, 0.15) is 70.2 Å². The summed E-state index contributed by atoms with van der Waals surface area (Å²) >= 11 is 0. The summed E-state index contributed by atoms with van der Waals surface area (Å²) in [5, 5.41) is 5.01. The summed E-state index contributed by atoms with van der Waals surface area (Å²) in [5.41, 5.74) is 0.795. The first-order valence-electron chi connectivity index (χ1n) is 19.7. The van der Waals surface area contributed by atoms with Crippen LogP contribution in [0.4, 0.5) is 19.2 Å². The quantitative estimate of drug-likeness (QED) is 0.0508. The van der Waals surface area contributed by atoms with E-state index in [1.807, 2.05) is 36.4 Å². The van der Waals surface area contributed by atoms with Crippen molar-refractivity contribution in [2.75, 3.05) is 6.54 Å². The second kappa shape index (κ2) is 23.2. The standard InChI is InChI=1S/C46H54N4O11/c1-45(2,3)60-39(51)38(47-43(54)61-46(4,5)6)37(56-29-33-19-11-7-12-20-33)27-28-50(44(55)59-32-36-25-17-10-18-26-36)40(48-41(52)57-30-34-21-13-8-14-22-34)49-42(53)58-31-35-23-15-9-16-24-35/h7-26,37-38H,27-32H2,1-6H3,(H,47,54)(H,48,49,52,53)/t37-,38-/m0/s1. The molecule has 0 spiro atoms. The van der Waals surface area contributed by atoms with Crippen molar-refractivity contribution in [1.82, 2.24) is 15.5 Å². The minimum Gasteiger partial charge on any atom is -0.458 e. The molecule has 0 aromatic heterocycles. The Kier molecular flexibility index (Phi) is 17.8. The molecule has 4 aromatic rings. The average molecular weight is 839 g/mol. The van der Waals surface area contributed by atoms with E-state index in [-0.39, 0.29) is 32.8 Å². The number of aliphatic imine (C=N–C) groups is 1. The second-order valence-electron chi connectivity index (χ2n) is 15.6. The van der Waals surface area contributed by atoms with Gasteiger partial charge in [0.2, 0.25) is 5.96 Å². The summed E-state index contributed by atoms with van der Waals surface area (Å²) in [5.74, 6) is -1.46. The van der Waals surface area contributed by atoms with Crippen LogP contribution in [0.3, 0.4) is 0 Å². The van der Waals surface area contributed by atoms with Crippen LogP contribution in [0.15, 0.2) is 126 Å². The van der Waals surface area contributed by atoms with Gasteiger partial charge in [0.1, 0.15) is 31.0 Å². The highest BCUT2D eigenvalue weighted by Crippen LogP contribution is 2.18. The van der Waals surface area contributed by atoms with Crippen molar-refractivity contribution in [2.45, 2.75) is 97.7 Å². The van der Waals surface area contributed by atoms with Crippen LogP contribution >= 0.6 is 0 Å². The van der Waals surface area contributed by atoms with E-state index in [9.17, 15) is 24.0 Å². The zero-order chi connectivity index (χ0) is 44.3. The lowest BCUT2D eigenvalue weighted by Crippen LogP contribution is -2.54. The lowest BCUT2D eigenvalue weighted by atomic mass is 10.1. The Morgan fingerprint density at radius 1 is 0.574 bits per heavy atom. The summed E-state index contributed by atoms with van der Waals surface area (Å²) in [6, 6.07) is 34.1. The molecule has 0 radical (unpaired) electrons. The average Bonchev–Trinajstić information content (AvgIpc) is 3.22. The van der Waals surface area contributed by atoms with Crippen molar-refractivity contribution in [3.63, 3.8) is 0 Å². The first-order chi connectivity index (χ1) is 29.0. The molecule has 0 unspecified atom stereocenters. The molecule has 324 valence electrons. The number of amides is 4. The van der Waals surface area contributed by atoms with Crippen molar-refractivity contribution < 1.29 is 52.4 Å². The fraction of sp³-hybridized carbons (Fsp3) is 0.348. The maximum Gasteiger partial charge on any atom is 0.437 e. The number of guanidine groups is 1. The van der Waals surface area contributed by atoms with Crippen LogP contribution in [0.25, 0.3) is 0 Å². The van der Waals surface area contributed by atoms with E-state index in [4.69, 9.17) is 28.4 Å². The van der Waals surface area contributed by atoms with Gasteiger partial charge in [0.25, 0.3) is 0 Å². The Bertz CT molecular complexity index is 2040. The third-order valence-corrected chi connectivity index (χ3v) is 8.16. The largest absolute Gasteiger partial charge is 0.458 e. The summed E-state index contributed by atoms with van der Waals surface area (Å²) < 4.78 is 34.1. The highest BCUT2D eigenvalue weighted by Gasteiger charge is 2.37. The number of ether oxygens (including phenoxy) is 6. The van der Waals surface area contributed by atoms with E-state index in [1.165, 1.54) is 0 Å². The van der Waals surface area contributed by atoms with Crippen LogP contribution in [0.2, 0.25) is 0 Å². The van der Waals surface area contributed by atoms with Crippen molar-refractivity contribution in [1.29, 1.82) is 0 Å². The predicted molar refractivity (Wildman–Crippen MR) is 226 cm³/mol. The van der Waals surface area contributed by atoms with Crippen molar-refractivity contribution in [3.8, 4) is 0 Å². The number of carbonyl (C=O) groups is 5. The van der Waals surface area contributed by atoms with Gasteiger partial charge < -0.3 is 33.7 Å². The zero-order valence-electron chi connectivity index (χ0n) is 35.3. The molecule has 4 rings (SSSR count). The van der Waals surface area contributed by atoms with Crippen molar-refractivity contribution in [2.24, 2.45) is 4.99 Å². The maximum absolute atomic E-state index is 14.2. The molecule has 4 amide bonds. The Hall–Kier alpha value is -6.74. The molecule has 0 saturated heterocycles. The van der Waals surface area contributed by atoms with Crippen LogP contribution in [-0.2, 0) is 59.6 Å². The van der Waals surface area contributed by atoms with Gasteiger partial charge in [-0.15, -0.1) is 4.99 Å². The Labute approximate surface area is 356 Å². The molecule has 4 aromatic carbocycles. The lowest BCUT2D eigenvalue weighted by molar-refractivity contribution is -0.162. The maximum atomic E-state index is 14.2. The van der Waals surface area contributed by atoms with Crippen LogP contribution in [-0.4, -0.2) is 71.1 Å². The van der Waals surface area contributed by atoms with E-state index in [2.05, 4.69) is 15.6 Å². The molecule has 0 fully saturated rings. The number of nitrogens with one attached hydrogen (secondary N) is 2. The van der Waals surface area contributed by atoms with Crippen LogP contribution in [0, 0.1) is 0 Å².